The minimum atomic E-state index is 0.910. The van der Waals surface area contributed by atoms with Crippen molar-refractivity contribution in [3.8, 4) is 0 Å². The monoisotopic (exact) mass is 129 g/mol. The highest BCUT2D eigenvalue weighted by Gasteiger charge is 1.97. The van der Waals surface area contributed by atoms with Crippen molar-refractivity contribution in [2.75, 3.05) is 18.8 Å². The molecule has 0 saturated carbocycles. The largest absolute Gasteiger partial charge is 0.313 e. The van der Waals surface area contributed by atoms with Crippen molar-refractivity contribution in [1.29, 1.82) is 0 Å². The number of rotatable bonds is 1. The van der Waals surface area contributed by atoms with Crippen molar-refractivity contribution in [2.45, 2.75) is 6.42 Å². The number of hydrogen-bond acceptors (Lipinski definition) is 2. The van der Waals surface area contributed by atoms with Gasteiger partial charge in [-0.3, -0.25) is 0 Å². The molecule has 1 aliphatic heterocycles. The molecule has 1 rings (SSSR count). The van der Waals surface area contributed by atoms with Gasteiger partial charge in [-0.1, -0.05) is 11.6 Å². The number of nitrogens with one attached hydrogen (secondary N) is 1. The van der Waals surface area contributed by atoms with Crippen LogP contribution in [-0.2, 0) is 0 Å². The zero-order valence-corrected chi connectivity index (χ0v) is 5.75. The van der Waals surface area contributed by atoms with E-state index in [9.17, 15) is 0 Å². The first-order valence-electron chi connectivity index (χ1n) is 2.93. The zero-order chi connectivity index (χ0) is 5.82. The van der Waals surface area contributed by atoms with Gasteiger partial charge in [-0.2, -0.15) is 12.6 Å². The fraction of sp³-hybridized carbons (Fsp3) is 0.667. The van der Waals surface area contributed by atoms with E-state index in [-0.39, 0.29) is 0 Å². The van der Waals surface area contributed by atoms with E-state index in [0.29, 0.717) is 0 Å². The van der Waals surface area contributed by atoms with Crippen molar-refractivity contribution in [3.05, 3.63) is 11.6 Å². The van der Waals surface area contributed by atoms with Crippen LogP contribution >= 0.6 is 12.6 Å². The van der Waals surface area contributed by atoms with E-state index in [0.717, 1.165) is 18.8 Å². The lowest BCUT2D eigenvalue weighted by atomic mass is 10.2. The Morgan fingerprint density at radius 2 is 2.62 bits per heavy atom. The predicted octanol–water partition coefficient (Wildman–Crippen LogP) is 0.836. The molecule has 1 nitrogen and oxygen atoms in total. The summed E-state index contributed by atoms with van der Waals surface area (Å²) in [6.45, 7) is 2.18. The molecule has 0 aromatic heterocycles. The van der Waals surface area contributed by atoms with E-state index in [1.807, 2.05) is 0 Å². The van der Waals surface area contributed by atoms with Crippen LogP contribution < -0.4 is 5.32 Å². The van der Waals surface area contributed by atoms with Gasteiger partial charge in [-0.15, -0.1) is 0 Å². The first-order chi connectivity index (χ1) is 3.93. The SMILES string of the molecule is SCC1=CCCNC1. The molecule has 0 amide bonds. The molecule has 0 spiro atoms. The Morgan fingerprint density at radius 3 is 3.00 bits per heavy atom. The minimum absolute atomic E-state index is 0.910. The molecule has 0 fully saturated rings. The van der Waals surface area contributed by atoms with Gasteiger partial charge in [0.25, 0.3) is 0 Å². The summed E-state index contributed by atoms with van der Waals surface area (Å²) in [7, 11) is 0. The van der Waals surface area contributed by atoms with E-state index in [1.54, 1.807) is 0 Å². The average Bonchev–Trinajstić information content (AvgIpc) is 1.90. The van der Waals surface area contributed by atoms with Crippen LogP contribution in [-0.4, -0.2) is 18.8 Å². The lowest BCUT2D eigenvalue weighted by Gasteiger charge is -2.10. The van der Waals surface area contributed by atoms with Gasteiger partial charge in [0.05, 0.1) is 0 Å². The van der Waals surface area contributed by atoms with Gasteiger partial charge in [-0.25, -0.2) is 0 Å². The maximum atomic E-state index is 4.16. The van der Waals surface area contributed by atoms with Crippen LogP contribution in [0.2, 0.25) is 0 Å². The summed E-state index contributed by atoms with van der Waals surface area (Å²) in [5.74, 6) is 0.910. The van der Waals surface area contributed by atoms with Crippen LogP contribution in [0, 0.1) is 0 Å². The van der Waals surface area contributed by atoms with Crippen molar-refractivity contribution in [3.63, 3.8) is 0 Å². The molecule has 1 heterocycles. The molecule has 0 saturated heterocycles. The molecule has 0 atom stereocenters. The van der Waals surface area contributed by atoms with Crippen molar-refractivity contribution in [2.24, 2.45) is 0 Å². The highest BCUT2D eigenvalue weighted by Crippen LogP contribution is 2.01. The second-order valence-corrected chi connectivity index (χ2v) is 2.30. The molecule has 0 aromatic carbocycles. The summed E-state index contributed by atoms with van der Waals surface area (Å²) in [4.78, 5) is 0. The summed E-state index contributed by atoms with van der Waals surface area (Å²) < 4.78 is 0. The molecule has 0 aliphatic carbocycles. The molecular formula is C6H11NS. The van der Waals surface area contributed by atoms with Gasteiger partial charge in [-0.05, 0) is 13.0 Å². The summed E-state index contributed by atoms with van der Waals surface area (Å²) in [5, 5.41) is 3.27. The van der Waals surface area contributed by atoms with Gasteiger partial charge in [0.2, 0.25) is 0 Å². The van der Waals surface area contributed by atoms with Gasteiger partial charge in [0, 0.05) is 12.3 Å². The molecule has 1 aliphatic rings. The van der Waals surface area contributed by atoms with E-state index < -0.39 is 0 Å². The molecule has 1 N–H and O–H groups in total. The van der Waals surface area contributed by atoms with Crippen LogP contribution in [0.3, 0.4) is 0 Å². The molecule has 2 heteroatoms. The lowest BCUT2D eigenvalue weighted by molar-refractivity contribution is 0.704. The first-order valence-corrected chi connectivity index (χ1v) is 3.56. The summed E-state index contributed by atoms with van der Waals surface area (Å²) >= 11 is 4.16. The van der Waals surface area contributed by atoms with Gasteiger partial charge in [0.15, 0.2) is 0 Å². The summed E-state index contributed by atoms with van der Waals surface area (Å²) in [6, 6.07) is 0. The third-order valence-electron chi connectivity index (χ3n) is 1.31. The maximum Gasteiger partial charge on any atom is 0.0172 e. The smallest absolute Gasteiger partial charge is 0.0172 e. The molecule has 0 unspecified atom stereocenters. The Morgan fingerprint density at radius 1 is 1.75 bits per heavy atom. The van der Waals surface area contributed by atoms with Crippen LogP contribution in [0.4, 0.5) is 0 Å². The Hall–Kier alpha value is 0.0500. The van der Waals surface area contributed by atoms with E-state index in [4.69, 9.17) is 0 Å². The van der Waals surface area contributed by atoms with Crippen LogP contribution in [0.25, 0.3) is 0 Å². The minimum Gasteiger partial charge on any atom is -0.313 e. The second kappa shape index (κ2) is 3.15. The van der Waals surface area contributed by atoms with Crippen LogP contribution in [0.5, 0.6) is 0 Å². The van der Waals surface area contributed by atoms with E-state index in [2.05, 4.69) is 24.0 Å². The molecule has 0 bridgehead atoms. The van der Waals surface area contributed by atoms with Crippen LogP contribution in [0.1, 0.15) is 6.42 Å². The molecule has 0 radical (unpaired) electrons. The van der Waals surface area contributed by atoms with Crippen LogP contribution in [0.15, 0.2) is 11.6 Å². The van der Waals surface area contributed by atoms with Crippen molar-refractivity contribution >= 4 is 12.6 Å². The van der Waals surface area contributed by atoms with Gasteiger partial charge < -0.3 is 5.32 Å². The van der Waals surface area contributed by atoms with E-state index in [1.165, 1.54) is 12.0 Å². The highest BCUT2D eigenvalue weighted by molar-refractivity contribution is 7.80. The number of hydrogen-bond donors (Lipinski definition) is 2. The fourth-order valence-electron chi connectivity index (χ4n) is 0.820. The average molecular weight is 129 g/mol. The highest BCUT2D eigenvalue weighted by atomic mass is 32.1. The van der Waals surface area contributed by atoms with Gasteiger partial charge >= 0.3 is 0 Å². The van der Waals surface area contributed by atoms with Gasteiger partial charge in [0.1, 0.15) is 0 Å². The Kier molecular flexibility index (Phi) is 2.43. The Bertz CT molecular complexity index is 98.7. The molecular weight excluding hydrogens is 118 g/mol. The van der Waals surface area contributed by atoms with Crippen molar-refractivity contribution < 1.29 is 0 Å². The Balaban J connectivity index is 2.37. The molecule has 8 heavy (non-hydrogen) atoms. The quantitative estimate of drug-likeness (QED) is 0.395. The van der Waals surface area contributed by atoms with Crippen molar-refractivity contribution in [1.82, 2.24) is 5.32 Å². The van der Waals surface area contributed by atoms with E-state index >= 15 is 0 Å². The summed E-state index contributed by atoms with van der Waals surface area (Å²) in [5.41, 5.74) is 1.43. The Labute approximate surface area is 55.6 Å². The third-order valence-corrected chi connectivity index (χ3v) is 1.72. The fourth-order valence-corrected chi connectivity index (χ4v) is 1.06. The zero-order valence-electron chi connectivity index (χ0n) is 4.85. The first kappa shape index (κ1) is 6.17. The predicted molar refractivity (Wildman–Crippen MR) is 39.4 cm³/mol. The second-order valence-electron chi connectivity index (χ2n) is 1.99. The molecule has 46 valence electrons. The standard InChI is InChI=1S/C6H11NS/c8-5-6-2-1-3-7-4-6/h2,7-8H,1,3-5H2. The lowest BCUT2D eigenvalue weighted by Crippen LogP contribution is -2.22. The topological polar surface area (TPSA) is 12.0 Å². The maximum absolute atomic E-state index is 4.16. The normalized spacial score (nSPS) is 20.4. The number of thiol groups is 1. The molecule has 0 aromatic rings. The third kappa shape index (κ3) is 1.53. The summed E-state index contributed by atoms with van der Waals surface area (Å²) in [6.07, 6.45) is 3.44.